The molecule has 1 aromatic carbocycles. The highest BCUT2D eigenvalue weighted by Gasteiger charge is 2.22. The second kappa shape index (κ2) is 2.20. The summed E-state index contributed by atoms with van der Waals surface area (Å²) in [5.41, 5.74) is 0.846. The van der Waals surface area contributed by atoms with Crippen LogP contribution in [0.5, 0.6) is 5.75 Å². The Morgan fingerprint density at radius 2 is 2.25 bits per heavy atom. The zero-order chi connectivity index (χ0) is 8.72. The molecule has 62 valence electrons. The van der Waals surface area contributed by atoms with Crippen LogP contribution in [-0.4, -0.2) is 11.0 Å². The van der Waals surface area contributed by atoms with E-state index in [9.17, 15) is 9.18 Å². The number of fused-ring (bicyclic) bond motifs is 1. The number of phenols is 1. The highest BCUT2D eigenvalue weighted by atomic mass is 19.1. The van der Waals surface area contributed by atoms with E-state index in [1.165, 1.54) is 6.07 Å². The molecule has 0 bridgehead atoms. The summed E-state index contributed by atoms with van der Waals surface area (Å²) in [6, 6.07) is 2.64. The van der Waals surface area contributed by atoms with Crippen molar-refractivity contribution < 1.29 is 14.3 Å². The van der Waals surface area contributed by atoms with E-state index in [1.807, 2.05) is 0 Å². The average molecular weight is 167 g/mol. The molecular formula is C8H6FNO2. The number of phenolic OH excluding ortho intramolecular Hbond substituents is 1. The molecule has 0 aromatic heterocycles. The molecule has 1 amide bonds. The fraction of sp³-hybridized carbons (Fsp3) is 0.125. The first-order chi connectivity index (χ1) is 5.68. The maximum atomic E-state index is 12.7. The van der Waals surface area contributed by atoms with E-state index < -0.39 is 11.6 Å². The molecule has 0 saturated carbocycles. The lowest BCUT2D eigenvalue weighted by atomic mass is 10.1. The Hall–Kier alpha value is -1.58. The summed E-state index contributed by atoms with van der Waals surface area (Å²) >= 11 is 0. The fourth-order valence-corrected chi connectivity index (χ4v) is 1.25. The number of aromatic hydroxyl groups is 1. The fourth-order valence-electron chi connectivity index (χ4n) is 1.25. The van der Waals surface area contributed by atoms with Gasteiger partial charge in [0.05, 0.1) is 12.1 Å². The van der Waals surface area contributed by atoms with Crippen LogP contribution in [0.4, 0.5) is 10.1 Å². The quantitative estimate of drug-likeness (QED) is 0.567. The van der Waals surface area contributed by atoms with Gasteiger partial charge in [0, 0.05) is 0 Å². The van der Waals surface area contributed by atoms with Crippen molar-refractivity contribution in [2.75, 3.05) is 5.32 Å². The Bertz CT molecular complexity index is 362. The van der Waals surface area contributed by atoms with Crippen LogP contribution in [0, 0.1) is 5.82 Å². The Labute approximate surface area is 67.8 Å². The summed E-state index contributed by atoms with van der Waals surface area (Å²) in [5.74, 6) is -1.40. The molecule has 1 aliphatic rings. The Kier molecular flexibility index (Phi) is 1.30. The molecule has 0 saturated heterocycles. The third kappa shape index (κ3) is 0.845. The first-order valence-electron chi connectivity index (χ1n) is 3.48. The predicted octanol–water partition coefficient (Wildman–Crippen LogP) is 1.03. The highest BCUT2D eigenvalue weighted by molar-refractivity contribution is 6.00. The standard InChI is InChI=1S/C8H6FNO2/c9-5-2-1-4-3-6(11)10-7(4)8(5)12/h1-2,12H,3H2,(H,10,11). The molecule has 0 spiro atoms. The normalized spacial score (nSPS) is 14.2. The maximum Gasteiger partial charge on any atom is 0.228 e. The van der Waals surface area contributed by atoms with Gasteiger partial charge >= 0.3 is 0 Å². The molecule has 3 nitrogen and oxygen atoms in total. The number of carbonyl (C=O) groups is 1. The van der Waals surface area contributed by atoms with E-state index in [-0.39, 0.29) is 18.0 Å². The zero-order valence-corrected chi connectivity index (χ0v) is 6.10. The number of rotatable bonds is 0. The van der Waals surface area contributed by atoms with Gasteiger partial charge in [-0.15, -0.1) is 0 Å². The van der Waals surface area contributed by atoms with Crippen molar-refractivity contribution in [1.82, 2.24) is 0 Å². The van der Waals surface area contributed by atoms with Crippen LogP contribution in [0.1, 0.15) is 5.56 Å². The molecule has 12 heavy (non-hydrogen) atoms. The van der Waals surface area contributed by atoms with Gasteiger partial charge in [-0.25, -0.2) is 4.39 Å². The van der Waals surface area contributed by atoms with Gasteiger partial charge in [-0.2, -0.15) is 0 Å². The van der Waals surface area contributed by atoms with Gasteiger partial charge in [0.15, 0.2) is 11.6 Å². The van der Waals surface area contributed by atoms with Gasteiger partial charge in [0.2, 0.25) is 5.91 Å². The van der Waals surface area contributed by atoms with Crippen LogP contribution < -0.4 is 5.32 Å². The van der Waals surface area contributed by atoms with E-state index in [4.69, 9.17) is 5.11 Å². The molecule has 0 aliphatic carbocycles. The van der Waals surface area contributed by atoms with Gasteiger partial charge in [-0.1, -0.05) is 6.07 Å². The Morgan fingerprint density at radius 3 is 3.00 bits per heavy atom. The molecular weight excluding hydrogens is 161 g/mol. The number of anilines is 1. The summed E-state index contributed by atoms with van der Waals surface area (Å²) in [6.45, 7) is 0. The number of benzene rings is 1. The number of halogens is 1. The number of hydrogen-bond donors (Lipinski definition) is 2. The topological polar surface area (TPSA) is 49.3 Å². The summed E-state index contributed by atoms with van der Waals surface area (Å²) in [6.07, 6.45) is 0.211. The van der Waals surface area contributed by atoms with Gasteiger partial charge in [-0.05, 0) is 11.6 Å². The largest absolute Gasteiger partial charge is 0.503 e. The SMILES string of the molecule is O=C1Cc2ccc(F)c(O)c2N1. The minimum atomic E-state index is -0.712. The number of carbonyl (C=O) groups excluding carboxylic acids is 1. The molecule has 2 N–H and O–H groups in total. The molecule has 1 aliphatic heterocycles. The monoisotopic (exact) mass is 167 g/mol. The van der Waals surface area contributed by atoms with E-state index in [1.54, 1.807) is 0 Å². The minimum absolute atomic E-state index is 0.208. The van der Waals surface area contributed by atoms with E-state index in [0.29, 0.717) is 5.56 Å². The summed E-state index contributed by atoms with van der Waals surface area (Å²) in [5, 5.41) is 11.5. The lowest BCUT2D eigenvalue weighted by Crippen LogP contribution is -2.03. The van der Waals surface area contributed by atoms with E-state index in [0.717, 1.165) is 6.07 Å². The molecule has 0 unspecified atom stereocenters. The van der Waals surface area contributed by atoms with E-state index in [2.05, 4.69) is 5.32 Å². The van der Waals surface area contributed by atoms with Gasteiger partial charge in [-0.3, -0.25) is 4.79 Å². The second-order valence-corrected chi connectivity index (χ2v) is 2.66. The molecule has 2 rings (SSSR count). The molecule has 0 radical (unpaired) electrons. The summed E-state index contributed by atoms with van der Waals surface area (Å²) < 4.78 is 12.7. The van der Waals surface area contributed by atoms with Crippen molar-refractivity contribution in [3.05, 3.63) is 23.5 Å². The highest BCUT2D eigenvalue weighted by Crippen LogP contribution is 2.34. The van der Waals surface area contributed by atoms with Crippen LogP contribution in [0.25, 0.3) is 0 Å². The van der Waals surface area contributed by atoms with Crippen LogP contribution in [0.2, 0.25) is 0 Å². The molecule has 0 atom stereocenters. The van der Waals surface area contributed by atoms with Gasteiger partial charge in [0.1, 0.15) is 0 Å². The predicted molar refractivity (Wildman–Crippen MR) is 40.4 cm³/mol. The van der Waals surface area contributed by atoms with Crippen molar-refractivity contribution >= 4 is 11.6 Å². The second-order valence-electron chi connectivity index (χ2n) is 2.66. The molecule has 1 aromatic rings. The zero-order valence-electron chi connectivity index (χ0n) is 6.10. The average Bonchev–Trinajstić information content (AvgIpc) is 2.39. The minimum Gasteiger partial charge on any atom is -0.503 e. The first kappa shape index (κ1) is 7.09. The van der Waals surface area contributed by atoms with Gasteiger partial charge in [0.25, 0.3) is 0 Å². The maximum absolute atomic E-state index is 12.7. The van der Waals surface area contributed by atoms with Crippen molar-refractivity contribution in [2.24, 2.45) is 0 Å². The Morgan fingerprint density at radius 1 is 1.50 bits per heavy atom. The molecule has 4 heteroatoms. The van der Waals surface area contributed by atoms with E-state index >= 15 is 0 Å². The molecule has 0 fully saturated rings. The number of amides is 1. The van der Waals surface area contributed by atoms with Crippen LogP contribution in [0.3, 0.4) is 0 Å². The van der Waals surface area contributed by atoms with Gasteiger partial charge < -0.3 is 10.4 Å². The van der Waals surface area contributed by atoms with Crippen molar-refractivity contribution in [1.29, 1.82) is 0 Å². The lowest BCUT2D eigenvalue weighted by molar-refractivity contribution is -0.115. The van der Waals surface area contributed by atoms with Crippen LogP contribution >= 0.6 is 0 Å². The van der Waals surface area contributed by atoms with Crippen LogP contribution in [0.15, 0.2) is 12.1 Å². The summed E-state index contributed by atoms with van der Waals surface area (Å²) in [4.78, 5) is 10.8. The van der Waals surface area contributed by atoms with Crippen molar-refractivity contribution in [3.63, 3.8) is 0 Å². The third-order valence-electron chi connectivity index (χ3n) is 1.83. The summed E-state index contributed by atoms with van der Waals surface area (Å²) in [7, 11) is 0. The van der Waals surface area contributed by atoms with Crippen molar-refractivity contribution in [3.8, 4) is 5.75 Å². The first-order valence-corrected chi connectivity index (χ1v) is 3.48. The smallest absolute Gasteiger partial charge is 0.228 e. The Balaban J connectivity index is 2.61. The lowest BCUT2D eigenvalue weighted by Gasteiger charge is -2.01. The number of nitrogens with one attached hydrogen (secondary N) is 1. The number of hydrogen-bond acceptors (Lipinski definition) is 2. The third-order valence-corrected chi connectivity index (χ3v) is 1.83. The molecule has 1 heterocycles. The van der Waals surface area contributed by atoms with Crippen LogP contribution in [-0.2, 0) is 11.2 Å². The van der Waals surface area contributed by atoms with Crippen molar-refractivity contribution in [2.45, 2.75) is 6.42 Å².